The van der Waals surface area contributed by atoms with E-state index in [0.717, 1.165) is 47.3 Å². The molecular weight excluding hydrogens is 404 g/mol. The largest absolute Gasteiger partial charge is 0.396 e. The molecule has 4 rings (SSSR count). The summed E-state index contributed by atoms with van der Waals surface area (Å²) in [5.74, 6) is 1.39. The zero-order valence-electron chi connectivity index (χ0n) is 18.0. The Labute approximate surface area is 186 Å². The van der Waals surface area contributed by atoms with Gasteiger partial charge in [-0.15, -0.1) is 5.10 Å². The molecule has 0 radical (unpaired) electrons. The second-order valence-electron chi connectivity index (χ2n) is 7.66. The van der Waals surface area contributed by atoms with Crippen LogP contribution in [0.25, 0.3) is 22.5 Å². The normalized spacial score (nSPS) is 11.1. The predicted octanol–water partition coefficient (Wildman–Crippen LogP) is 3.02. The number of H-pyrrole nitrogens is 1. The van der Waals surface area contributed by atoms with Crippen molar-refractivity contribution in [3.8, 4) is 22.5 Å². The first-order chi connectivity index (χ1) is 15.7. The van der Waals surface area contributed by atoms with E-state index in [1.807, 2.05) is 48.5 Å². The predicted molar refractivity (Wildman–Crippen MR) is 122 cm³/mol. The van der Waals surface area contributed by atoms with E-state index in [-0.39, 0.29) is 12.2 Å². The molecule has 0 atom stereocenters. The van der Waals surface area contributed by atoms with Crippen molar-refractivity contribution < 1.29 is 5.11 Å². The molecule has 2 aromatic heterocycles. The minimum absolute atomic E-state index is 0.0171. The number of benzene rings is 2. The molecular formula is C24H26N6O2. The number of nitrogens with zero attached hydrogens (tertiary/aromatic N) is 5. The summed E-state index contributed by atoms with van der Waals surface area (Å²) in [6, 6.07) is 17.6. The Kier molecular flexibility index (Phi) is 6.81. The Morgan fingerprint density at radius 2 is 1.81 bits per heavy atom. The van der Waals surface area contributed by atoms with Gasteiger partial charge in [-0.1, -0.05) is 61.9 Å². The molecule has 0 saturated carbocycles. The number of aromatic nitrogens is 6. The Hall–Kier alpha value is -3.65. The maximum atomic E-state index is 12.8. The molecule has 0 saturated heterocycles. The van der Waals surface area contributed by atoms with Crippen molar-refractivity contribution in [1.82, 2.24) is 30.2 Å². The lowest BCUT2D eigenvalue weighted by molar-refractivity contribution is 0.297. The lowest BCUT2D eigenvalue weighted by atomic mass is 9.98. The summed E-state index contributed by atoms with van der Waals surface area (Å²) in [4.78, 5) is 17.4. The summed E-state index contributed by atoms with van der Waals surface area (Å²) in [5, 5.41) is 23.4. The average molecular weight is 431 g/mol. The summed E-state index contributed by atoms with van der Waals surface area (Å²) in [6.45, 7) is 2.56. The van der Waals surface area contributed by atoms with Gasteiger partial charge in [0, 0.05) is 31.1 Å². The van der Waals surface area contributed by atoms with Gasteiger partial charge in [0.15, 0.2) is 5.82 Å². The van der Waals surface area contributed by atoms with E-state index in [1.165, 1.54) is 6.07 Å². The van der Waals surface area contributed by atoms with E-state index in [2.05, 4.69) is 32.5 Å². The molecule has 0 bridgehead atoms. The fourth-order valence-electron chi connectivity index (χ4n) is 3.73. The van der Waals surface area contributed by atoms with Gasteiger partial charge in [-0.2, -0.15) is 0 Å². The third-order valence-corrected chi connectivity index (χ3v) is 5.40. The highest BCUT2D eigenvalue weighted by molar-refractivity contribution is 5.80. The zero-order valence-corrected chi connectivity index (χ0v) is 18.0. The van der Waals surface area contributed by atoms with Crippen molar-refractivity contribution in [2.75, 3.05) is 6.61 Å². The molecule has 2 heterocycles. The van der Waals surface area contributed by atoms with Crippen LogP contribution in [-0.2, 0) is 19.4 Å². The fourth-order valence-corrected chi connectivity index (χ4v) is 3.73. The van der Waals surface area contributed by atoms with Gasteiger partial charge in [-0.05, 0) is 33.5 Å². The molecule has 0 fully saturated rings. The van der Waals surface area contributed by atoms with E-state index in [1.54, 1.807) is 4.57 Å². The third-order valence-electron chi connectivity index (χ3n) is 5.40. The minimum Gasteiger partial charge on any atom is -0.396 e. The highest BCUT2D eigenvalue weighted by atomic mass is 16.3. The number of hydrogen-bond acceptors (Lipinski definition) is 6. The van der Waals surface area contributed by atoms with Crippen molar-refractivity contribution in [2.45, 2.75) is 39.2 Å². The van der Waals surface area contributed by atoms with E-state index in [9.17, 15) is 9.90 Å². The first kappa shape index (κ1) is 21.6. The number of aliphatic hydroxyl groups excluding tert-OH is 1. The monoisotopic (exact) mass is 430 g/mol. The van der Waals surface area contributed by atoms with Crippen LogP contribution in [0.3, 0.4) is 0 Å². The smallest absolute Gasteiger partial charge is 0.254 e. The number of aryl methyl sites for hydroxylation is 1. The van der Waals surface area contributed by atoms with Crippen LogP contribution in [0.15, 0.2) is 59.4 Å². The van der Waals surface area contributed by atoms with Crippen molar-refractivity contribution >= 4 is 0 Å². The summed E-state index contributed by atoms with van der Waals surface area (Å²) >= 11 is 0. The van der Waals surface area contributed by atoms with Crippen LogP contribution in [0.2, 0.25) is 0 Å². The molecule has 0 unspecified atom stereocenters. The lowest BCUT2D eigenvalue weighted by Crippen LogP contribution is -2.26. The molecule has 32 heavy (non-hydrogen) atoms. The molecule has 0 aliphatic heterocycles. The van der Waals surface area contributed by atoms with E-state index in [0.29, 0.717) is 24.5 Å². The van der Waals surface area contributed by atoms with Crippen LogP contribution in [-0.4, -0.2) is 41.9 Å². The van der Waals surface area contributed by atoms with E-state index in [4.69, 9.17) is 0 Å². The molecule has 0 aliphatic carbocycles. The van der Waals surface area contributed by atoms with Gasteiger partial charge >= 0.3 is 0 Å². The average Bonchev–Trinajstić information content (AvgIpc) is 3.35. The summed E-state index contributed by atoms with van der Waals surface area (Å²) in [6.07, 6.45) is 3.11. The number of unbranched alkanes of at least 4 members (excludes halogenated alkanes) is 1. The van der Waals surface area contributed by atoms with Crippen molar-refractivity contribution in [3.63, 3.8) is 0 Å². The Bertz CT molecular complexity index is 1220. The van der Waals surface area contributed by atoms with Gasteiger partial charge in [0.05, 0.1) is 12.2 Å². The van der Waals surface area contributed by atoms with Gasteiger partial charge < -0.3 is 5.11 Å². The van der Waals surface area contributed by atoms with Crippen LogP contribution in [0.1, 0.15) is 36.8 Å². The molecule has 0 spiro atoms. The first-order valence-corrected chi connectivity index (χ1v) is 10.8. The number of hydrogen-bond donors (Lipinski definition) is 2. The summed E-state index contributed by atoms with van der Waals surface area (Å²) < 4.78 is 1.74. The molecule has 8 nitrogen and oxygen atoms in total. The topological polar surface area (TPSA) is 110 Å². The molecule has 4 aromatic rings. The van der Waals surface area contributed by atoms with E-state index < -0.39 is 0 Å². The SMILES string of the molecule is CCCCc1nc(CCO)cc(=O)n1Cc1ccc(-c2ccccc2-c2nnn[nH]2)cc1. The van der Waals surface area contributed by atoms with Gasteiger partial charge in [0.1, 0.15) is 5.82 Å². The zero-order chi connectivity index (χ0) is 22.3. The standard InChI is InChI=1S/C24H26N6O2/c1-2-3-8-22-25-19(13-14-31)15-23(32)30(22)16-17-9-11-18(12-10-17)20-6-4-5-7-21(20)24-26-28-29-27-24/h4-7,9-12,15,31H,2-3,8,13-14,16H2,1H3,(H,26,27,28,29). The molecule has 164 valence electrons. The highest BCUT2D eigenvalue weighted by Crippen LogP contribution is 2.29. The quantitative estimate of drug-likeness (QED) is 0.422. The van der Waals surface area contributed by atoms with Crippen LogP contribution in [0, 0.1) is 0 Å². The van der Waals surface area contributed by atoms with Gasteiger partial charge in [-0.25, -0.2) is 10.1 Å². The van der Waals surface area contributed by atoms with Crippen molar-refractivity contribution in [1.29, 1.82) is 0 Å². The number of nitrogens with one attached hydrogen (secondary N) is 1. The number of rotatable bonds is 9. The molecule has 2 aromatic carbocycles. The minimum atomic E-state index is -0.0817. The third kappa shape index (κ3) is 4.81. The van der Waals surface area contributed by atoms with Crippen LogP contribution >= 0.6 is 0 Å². The van der Waals surface area contributed by atoms with Crippen molar-refractivity contribution in [3.05, 3.63) is 82.0 Å². The summed E-state index contributed by atoms with van der Waals surface area (Å²) in [7, 11) is 0. The number of tetrazole rings is 1. The van der Waals surface area contributed by atoms with Crippen LogP contribution in [0.5, 0.6) is 0 Å². The second-order valence-corrected chi connectivity index (χ2v) is 7.66. The van der Waals surface area contributed by atoms with Crippen LogP contribution < -0.4 is 5.56 Å². The Balaban J connectivity index is 1.62. The van der Waals surface area contributed by atoms with Gasteiger partial charge in [0.2, 0.25) is 0 Å². The fraction of sp³-hybridized carbons (Fsp3) is 0.292. The van der Waals surface area contributed by atoms with Crippen LogP contribution in [0.4, 0.5) is 0 Å². The second kappa shape index (κ2) is 10.1. The molecule has 8 heteroatoms. The lowest BCUT2D eigenvalue weighted by Gasteiger charge is -2.14. The maximum Gasteiger partial charge on any atom is 0.254 e. The van der Waals surface area contributed by atoms with Gasteiger partial charge in [-0.3, -0.25) is 9.36 Å². The molecule has 0 amide bonds. The Morgan fingerprint density at radius 3 is 2.50 bits per heavy atom. The first-order valence-electron chi connectivity index (χ1n) is 10.8. The van der Waals surface area contributed by atoms with E-state index >= 15 is 0 Å². The molecule has 0 aliphatic rings. The maximum absolute atomic E-state index is 12.8. The highest BCUT2D eigenvalue weighted by Gasteiger charge is 2.12. The Morgan fingerprint density at radius 1 is 1.03 bits per heavy atom. The van der Waals surface area contributed by atoms with Gasteiger partial charge in [0.25, 0.3) is 5.56 Å². The van der Waals surface area contributed by atoms with Crippen molar-refractivity contribution in [2.24, 2.45) is 0 Å². The number of aliphatic hydroxyl groups is 1. The number of aromatic amines is 1. The molecule has 2 N–H and O–H groups in total. The summed E-state index contributed by atoms with van der Waals surface area (Å²) in [5.41, 5.74) is 4.57.